The lowest BCUT2D eigenvalue weighted by molar-refractivity contribution is -0.0935. The van der Waals surface area contributed by atoms with Gasteiger partial charge in [-0.2, -0.15) is 5.10 Å². The van der Waals surface area contributed by atoms with Gasteiger partial charge in [-0.3, -0.25) is 4.68 Å². The van der Waals surface area contributed by atoms with E-state index in [4.69, 9.17) is 26.1 Å². The quantitative estimate of drug-likeness (QED) is 0.786. The maximum Gasteiger partial charge on any atom is 0.158 e. The van der Waals surface area contributed by atoms with Crippen molar-refractivity contribution in [3.8, 4) is 0 Å². The highest BCUT2D eigenvalue weighted by Crippen LogP contribution is 2.22. The van der Waals surface area contributed by atoms with Crippen LogP contribution in [-0.4, -0.2) is 51.1 Å². The molecule has 21 heavy (non-hydrogen) atoms. The lowest BCUT2D eigenvalue weighted by Gasteiger charge is -2.24. The Balaban J connectivity index is 2.00. The topological polar surface area (TPSA) is 54.1 Å². The van der Waals surface area contributed by atoms with E-state index in [1.807, 2.05) is 11.7 Å². The first-order valence-electron chi connectivity index (χ1n) is 7.40. The highest BCUT2D eigenvalue weighted by Gasteiger charge is 2.22. The fourth-order valence-electron chi connectivity index (χ4n) is 2.84. The van der Waals surface area contributed by atoms with E-state index in [0.29, 0.717) is 25.7 Å². The first-order chi connectivity index (χ1) is 10.2. The monoisotopic (exact) mass is 312 g/mol. The van der Waals surface area contributed by atoms with Gasteiger partial charge in [0.05, 0.1) is 38.2 Å². The molecular weight excluding hydrogens is 292 g/mol. The van der Waals surface area contributed by atoms with Crippen LogP contribution >= 0.6 is 11.6 Å². The molecule has 0 saturated carbocycles. The maximum atomic E-state index is 5.93. The van der Waals surface area contributed by atoms with Crippen molar-refractivity contribution in [1.29, 1.82) is 0 Å². The number of ether oxygens (including phenoxy) is 2. The van der Waals surface area contributed by atoms with Crippen molar-refractivity contribution in [3.05, 3.63) is 11.5 Å². The lowest BCUT2D eigenvalue weighted by atomic mass is 10.3. The van der Waals surface area contributed by atoms with E-state index < -0.39 is 0 Å². The molecular formula is C14H21ClN4O2. The van der Waals surface area contributed by atoms with Crippen LogP contribution in [0, 0.1) is 0 Å². The highest BCUT2D eigenvalue weighted by atomic mass is 35.5. The molecule has 3 heterocycles. The number of imidazole rings is 1. The number of alkyl halides is 1. The zero-order chi connectivity index (χ0) is 14.8. The first-order valence-corrected chi connectivity index (χ1v) is 7.94. The average Bonchev–Trinajstić information content (AvgIpc) is 2.99. The summed E-state index contributed by atoms with van der Waals surface area (Å²) in [4.78, 5) is 4.76. The summed E-state index contributed by atoms with van der Waals surface area (Å²) in [7, 11) is 1.96. The van der Waals surface area contributed by atoms with Crippen LogP contribution in [0.5, 0.6) is 0 Å². The molecule has 1 aliphatic heterocycles. The molecule has 0 amide bonds. The zero-order valence-corrected chi connectivity index (χ0v) is 13.3. The van der Waals surface area contributed by atoms with Crippen molar-refractivity contribution in [1.82, 2.24) is 19.3 Å². The molecule has 0 aromatic carbocycles. The molecule has 2 aromatic rings. The summed E-state index contributed by atoms with van der Waals surface area (Å²) in [6, 6.07) is 0. The summed E-state index contributed by atoms with van der Waals surface area (Å²) in [6.45, 7) is 4.78. The second-order valence-corrected chi connectivity index (χ2v) is 5.62. The van der Waals surface area contributed by atoms with Crippen LogP contribution in [0.4, 0.5) is 0 Å². The van der Waals surface area contributed by atoms with Crippen molar-refractivity contribution < 1.29 is 9.47 Å². The van der Waals surface area contributed by atoms with Crippen LogP contribution in [0.15, 0.2) is 0 Å². The van der Waals surface area contributed by atoms with Crippen LogP contribution in [0.1, 0.15) is 18.4 Å². The smallest absolute Gasteiger partial charge is 0.158 e. The molecule has 6 nitrogen and oxygen atoms in total. The number of hydrogen-bond donors (Lipinski definition) is 0. The second-order valence-electron chi connectivity index (χ2n) is 5.24. The normalized spacial score (nSPS) is 19.5. The Labute approximate surface area is 129 Å². The number of aryl methyl sites for hydroxylation is 3. The van der Waals surface area contributed by atoms with E-state index in [-0.39, 0.29) is 6.10 Å². The Morgan fingerprint density at radius 2 is 2.24 bits per heavy atom. The predicted octanol–water partition coefficient (Wildman–Crippen LogP) is 1.53. The van der Waals surface area contributed by atoms with Gasteiger partial charge in [-0.1, -0.05) is 6.92 Å². The summed E-state index contributed by atoms with van der Waals surface area (Å²) >= 11 is 5.93. The molecule has 116 valence electrons. The molecule has 3 rings (SSSR count). The molecule has 0 bridgehead atoms. The van der Waals surface area contributed by atoms with E-state index in [9.17, 15) is 0 Å². The molecule has 1 aliphatic rings. The van der Waals surface area contributed by atoms with Crippen molar-refractivity contribution in [2.45, 2.75) is 32.4 Å². The van der Waals surface area contributed by atoms with E-state index in [1.165, 1.54) is 0 Å². The first kappa shape index (κ1) is 14.8. The van der Waals surface area contributed by atoms with Gasteiger partial charge >= 0.3 is 0 Å². The Bertz CT molecular complexity index is 616. The molecule has 1 unspecified atom stereocenters. The molecule has 0 spiro atoms. The van der Waals surface area contributed by atoms with Gasteiger partial charge in [0.15, 0.2) is 5.65 Å². The molecule has 0 aliphatic carbocycles. The van der Waals surface area contributed by atoms with E-state index in [0.717, 1.165) is 42.1 Å². The van der Waals surface area contributed by atoms with Gasteiger partial charge in [0.2, 0.25) is 0 Å². The number of aromatic nitrogens is 4. The fraction of sp³-hybridized carbons (Fsp3) is 0.714. The van der Waals surface area contributed by atoms with Crippen molar-refractivity contribution in [3.63, 3.8) is 0 Å². The van der Waals surface area contributed by atoms with Gasteiger partial charge in [0.25, 0.3) is 0 Å². The fourth-order valence-corrected chi connectivity index (χ4v) is 3.01. The van der Waals surface area contributed by atoms with Crippen LogP contribution in [0.3, 0.4) is 0 Å². The Kier molecular flexibility index (Phi) is 4.47. The SMILES string of the molecule is CCc1nn(C)c2c1nc(CCCl)n2CC1COCCO1. The molecule has 0 N–H and O–H groups in total. The maximum absolute atomic E-state index is 5.93. The molecule has 2 aromatic heterocycles. The van der Waals surface area contributed by atoms with Gasteiger partial charge in [0, 0.05) is 19.3 Å². The van der Waals surface area contributed by atoms with E-state index in [2.05, 4.69) is 16.6 Å². The van der Waals surface area contributed by atoms with E-state index >= 15 is 0 Å². The van der Waals surface area contributed by atoms with Crippen LogP contribution in [0.2, 0.25) is 0 Å². The molecule has 1 saturated heterocycles. The number of hydrogen-bond acceptors (Lipinski definition) is 4. The molecule has 1 atom stereocenters. The van der Waals surface area contributed by atoms with Gasteiger partial charge < -0.3 is 14.0 Å². The predicted molar refractivity (Wildman–Crippen MR) is 80.9 cm³/mol. The summed E-state index contributed by atoms with van der Waals surface area (Å²) < 4.78 is 15.4. The third kappa shape index (κ3) is 2.80. The zero-order valence-electron chi connectivity index (χ0n) is 12.5. The number of fused-ring (bicyclic) bond motifs is 1. The van der Waals surface area contributed by atoms with Crippen molar-refractivity contribution in [2.24, 2.45) is 7.05 Å². The van der Waals surface area contributed by atoms with E-state index in [1.54, 1.807) is 0 Å². The molecule has 1 fully saturated rings. The number of nitrogens with zero attached hydrogens (tertiary/aromatic N) is 4. The molecule has 0 radical (unpaired) electrons. The van der Waals surface area contributed by atoms with Crippen molar-refractivity contribution >= 4 is 22.8 Å². The third-order valence-electron chi connectivity index (χ3n) is 3.79. The van der Waals surface area contributed by atoms with Crippen LogP contribution < -0.4 is 0 Å². The lowest BCUT2D eigenvalue weighted by Crippen LogP contribution is -2.33. The number of rotatable bonds is 5. The van der Waals surface area contributed by atoms with Crippen molar-refractivity contribution in [2.75, 3.05) is 25.7 Å². The number of halogens is 1. The van der Waals surface area contributed by atoms with Crippen LogP contribution in [-0.2, 0) is 35.9 Å². The summed E-state index contributed by atoms with van der Waals surface area (Å²) in [6.07, 6.45) is 1.68. The minimum absolute atomic E-state index is 0.0604. The van der Waals surface area contributed by atoms with Gasteiger partial charge in [-0.25, -0.2) is 4.98 Å². The average molecular weight is 313 g/mol. The van der Waals surface area contributed by atoms with Gasteiger partial charge in [0.1, 0.15) is 11.3 Å². The Morgan fingerprint density at radius 1 is 1.38 bits per heavy atom. The standard InChI is InChI=1S/C14H21ClN4O2/c1-3-11-13-14(18(2)17-11)19(12(16-13)4-5-15)8-10-9-20-6-7-21-10/h10H,3-9H2,1-2H3. The second kappa shape index (κ2) is 6.34. The highest BCUT2D eigenvalue weighted by molar-refractivity contribution is 6.17. The largest absolute Gasteiger partial charge is 0.376 e. The minimum atomic E-state index is 0.0604. The summed E-state index contributed by atoms with van der Waals surface area (Å²) in [5.74, 6) is 1.55. The van der Waals surface area contributed by atoms with Gasteiger partial charge in [-0.15, -0.1) is 11.6 Å². The van der Waals surface area contributed by atoms with Crippen LogP contribution in [0.25, 0.3) is 11.2 Å². The third-order valence-corrected chi connectivity index (χ3v) is 3.98. The summed E-state index contributed by atoms with van der Waals surface area (Å²) in [5.41, 5.74) is 3.06. The Morgan fingerprint density at radius 3 is 2.90 bits per heavy atom. The molecule has 7 heteroatoms. The van der Waals surface area contributed by atoms with Gasteiger partial charge in [-0.05, 0) is 6.42 Å². The Hall–Kier alpha value is -1.11. The summed E-state index contributed by atoms with van der Waals surface area (Å²) in [5, 5.41) is 4.55. The minimum Gasteiger partial charge on any atom is -0.376 e.